The minimum Gasteiger partial charge on any atom is -0.327 e. The van der Waals surface area contributed by atoms with Crippen LogP contribution in [0.4, 0.5) is 0 Å². The van der Waals surface area contributed by atoms with Gasteiger partial charge in [0.05, 0.1) is 6.20 Å². The first-order chi connectivity index (χ1) is 8.24. The van der Waals surface area contributed by atoms with Crippen LogP contribution in [0, 0.1) is 0 Å². The first kappa shape index (κ1) is 11.8. The standard InChI is InChI=1S/C13H18N4/c1-17-10-11(9-16-17)8-12(14)5-6-13-4-2-3-7-15-13/h2-4,7,9-10,12H,5-6,8,14H2,1H3. The van der Waals surface area contributed by atoms with Gasteiger partial charge in [-0.05, 0) is 37.0 Å². The summed E-state index contributed by atoms with van der Waals surface area (Å²) >= 11 is 0. The van der Waals surface area contributed by atoms with Crippen LogP contribution in [-0.2, 0) is 19.9 Å². The molecule has 0 saturated carbocycles. The maximum atomic E-state index is 6.10. The molecule has 2 rings (SSSR count). The number of rotatable bonds is 5. The van der Waals surface area contributed by atoms with Gasteiger partial charge >= 0.3 is 0 Å². The lowest BCUT2D eigenvalue weighted by molar-refractivity contribution is 0.605. The smallest absolute Gasteiger partial charge is 0.0522 e. The minimum absolute atomic E-state index is 0.168. The van der Waals surface area contributed by atoms with E-state index in [-0.39, 0.29) is 6.04 Å². The third-order valence-electron chi connectivity index (χ3n) is 2.75. The fraction of sp³-hybridized carbons (Fsp3) is 0.385. The van der Waals surface area contributed by atoms with Crippen LogP contribution in [0.1, 0.15) is 17.7 Å². The van der Waals surface area contributed by atoms with E-state index in [1.807, 2.05) is 43.8 Å². The van der Waals surface area contributed by atoms with Crippen molar-refractivity contribution in [3.8, 4) is 0 Å². The van der Waals surface area contributed by atoms with Crippen molar-refractivity contribution in [1.82, 2.24) is 14.8 Å². The van der Waals surface area contributed by atoms with Crippen LogP contribution >= 0.6 is 0 Å². The summed E-state index contributed by atoms with van der Waals surface area (Å²) in [5.74, 6) is 0. The predicted molar refractivity (Wildman–Crippen MR) is 67.4 cm³/mol. The first-order valence-electron chi connectivity index (χ1n) is 5.87. The molecule has 2 N–H and O–H groups in total. The minimum atomic E-state index is 0.168. The zero-order valence-corrected chi connectivity index (χ0v) is 10.1. The number of hydrogen-bond donors (Lipinski definition) is 1. The molecule has 0 radical (unpaired) electrons. The van der Waals surface area contributed by atoms with Gasteiger partial charge < -0.3 is 5.73 Å². The van der Waals surface area contributed by atoms with E-state index in [4.69, 9.17) is 5.73 Å². The van der Waals surface area contributed by atoms with Crippen molar-refractivity contribution in [3.05, 3.63) is 48.0 Å². The molecule has 0 fully saturated rings. The SMILES string of the molecule is Cn1cc(CC(N)CCc2ccccn2)cn1. The molecule has 2 aromatic heterocycles. The summed E-state index contributed by atoms with van der Waals surface area (Å²) in [5.41, 5.74) is 8.40. The van der Waals surface area contributed by atoms with Gasteiger partial charge in [0, 0.05) is 31.2 Å². The van der Waals surface area contributed by atoms with Crippen molar-refractivity contribution < 1.29 is 0 Å². The molecule has 0 amide bonds. The Labute approximate surface area is 101 Å². The van der Waals surface area contributed by atoms with E-state index >= 15 is 0 Å². The lowest BCUT2D eigenvalue weighted by Gasteiger charge is -2.09. The Morgan fingerprint density at radius 3 is 2.94 bits per heavy atom. The monoisotopic (exact) mass is 230 g/mol. The summed E-state index contributed by atoms with van der Waals surface area (Å²) in [5, 5.41) is 4.14. The van der Waals surface area contributed by atoms with E-state index in [1.54, 1.807) is 4.68 Å². The van der Waals surface area contributed by atoms with Gasteiger partial charge in [0.1, 0.15) is 0 Å². The maximum absolute atomic E-state index is 6.10. The normalized spacial score (nSPS) is 12.6. The molecule has 4 nitrogen and oxygen atoms in total. The Bertz CT molecular complexity index is 449. The zero-order valence-electron chi connectivity index (χ0n) is 10.1. The van der Waals surface area contributed by atoms with Crippen LogP contribution in [0.3, 0.4) is 0 Å². The van der Waals surface area contributed by atoms with Gasteiger partial charge in [-0.3, -0.25) is 9.67 Å². The Hall–Kier alpha value is -1.68. The summed E-state index contributed by atoms with van der Waals surface area (Å²) in [7, 11) is 1.92. The number of pyridine rings is 1. The number of nitrogens with two attached hydrogens (primary N) is 1. The average molecular weight is 230 g/mol. The van der Waals surface area contributed by atoms with Gasteiger partial charge in [-0.25, -0.2) is 0 Å². The summed E-state index contributed by atoms with van der Waals surface area (Å²) in [6.45, 7) is 0. The molecule has 17 heavy (non-hydrogen) atoms. The van der Waals surface area contributed by atoms with E-state index in [9.17, 15) is 0 Å². The second-order valence-corrected chi connectivity index (χ2v) is 4.35. The van der Waals surface area contributed by atoms with Gasteiger partial charge in [0.2, 0.25) is 0 Å². The van der Waals surface area contributed by atoms with E-state index in [0.717, 1.165) is 25.0 Å². The van der Waals surface area contributed by atoms with E-state index in [1.165, 1.54) is 5.56 Å². The molecule has 0 saturated heterocycles. The summed E-state index contributed by atoms with van der Waals surface area (Å²) in [6.07, 6.45) is 8.47. The quantitative estimate of drug-likeness (QED) is 0.842. The second-order valence-electron chi connectivity index (χ2n) is 4.35. The van der Waals surface area contributed by atoms with Crippen molar-refractivity contribution >= 4 is 0 Å². The Morgan fingerprint density at radius 1 is 1.41 bits per heavy atom. The lowest BCUT2D eigenvalue weighted by Crippen LogP contribution is -2.23. The molecule has 0 aliphatic rings. The molecule has 1 unspecified atom stereocenters. The van der Waals surface area contributed by atoms with Gasteiger partial charge in [-0.15, -0.1) is 0 Å². The number of hydrogen-bond acceptors (Lipinski definition) is 3. The highest BCUT2D eigenvalue weighted by molar-refractivity contribution is 5.07. The molecule has 0 aliphatic heterocycles. The highest BCUT2D eigenvalue weighted by Gasteiger charge is 2.06. The number of nitrogens with zero attached hydrogens (tertiary/aromatic N) is 3. The average Bonchev–Trinajstić information content (AvgIpc) is 2.73. The van der Waals surface area contributed by atoms with Gasteiger partial charge in [0.15, 0.2) is 0 Å². The van der Waals surface area contributed by atoms with Crippen molar-refractivity contribution in [2.75, 3.05) is 0 Å². The first-order valence-corrected chi connectivity index (χ1v) is 5.87. The van der Waals surface area contributed by atoms with E-state index < -0.39 is 0 Å². The summed E-state index contributed by atoms with van der Waals surface area (Å²) < 4.78 is 1.81. The largest absolute Gasteiger partial charge is 0.327 e. The van der Waals surface area contributed by atoms with E-state index in [2.05, 4.69) is 10.1 Å². The van der Waals surface area contributed by atoms with Crippen molar-refractivity contribution in [3.63, 3.8) is 0 Å². The topological polar surface area (TPSA) is 56.7 Å². The van der Waals surface area contributed by atoms with Crippen molar-refractivity contribution in [2.45, 2.75) is 25.3 Å². The van der Waals surface area contributed by atoms with Crippen molar-refractivity contribution in [1.29, 1.82) is 0 Å². The van der Waals surface area contributed by atoms with Crippen LogP contribution < -0.4 is 5.73 Å². The van der Waals surface area contributed by atoms with Crippen LogP contribution in [0.2, 0.25) is 0 Å². The maximum Gasteiger partial charge on any atom is 0.0522 e. The lowest BCUT2D eigenvalue weighted by atomic mass is 10.0. The molecule has 1 atom stereocenters. The highest BCUT2D eigenvalue weighted by atomic mass is 15.2. The Balaban J connectivity index is 1.80. The van der Waals surface area contributed by atoms with Crippen LogP contribution in [0.25, 0.3) is 0 Å². The van der Waals surface area contributed by atoms with Crippen molar-refractivity contribution in [2.24, 2.45) is 12.8 Å². The van der Waals surface area contributed by atoms with E-state index in [0.29, 0.717) is 0 Å². The highest BCUT2D eigenvalue weighted by Crippen LogP contribution is 2.06. The van der Waals surface area contributed by atoms with Crippen LogP contribution in [0.5, 0.6) is 0 Å². The summed E-state index contributed by atoms with van der Waals surface area (Å²) in [4.78, 5) is 4.29. The molecule has 2 heterocycles. The van der Waals surface area contributed by atoms with Gasteiger partial charge in [0.25, 0.3) is 0 Å². The molecule has 0 aliphatic carbocycles. The molecule has 0 spiro atoms. The Morgan fingerprint density at radius 2 is 2.29 bits per heavy atom. The Kier molecular flexibility index (Phi) is 3.88. The molecule has 4 heteroatoms. The number of aryl methyl sites for hydroxylation is 2. The van der Waals surface area contributed by atoms with Gasteiger partial charge in [-0.2, -0.15) is 5.10 Å². The molecular weight excluding hydrogens is 212 g/mol. The second kappa shape index (κ2) is 5.59. The molecule has 0 aromatic carbocycles. The third kappa shape index (κ3) is 3.67. The van der Waals surface area contributed by atoms with Gasteiger partial charge in [-0.1, -0.05) is 6.07 Å². The van der Waals surface area contributed by atoms with Crippen LogP contribution in [0.15, 0.2) is 36.8 Å². The zero-order chi connectivity index (χ0) is 12.1. The van der Waals surface area contributed by atoms with Crippen LogP contribution in [-0.4, -0.2) is 20.8 Å². The molecule has 2 aromatic rings. The fourth-order valence-corrected chi connectivity index (χ4v) is 1.86. The summed E-state index contributed by atoms with van der Waals surface area (Å²) in [6, 6.07) is 6.14. The third-order valence-corrected chi connectivity index (χ3v) is 2.75. The molecule has 90 valence electrons. The molecular formula is C13H18N4. The predicted octanol–water partition coefficient (Wildman–Crippen LogP) is 1.32. The number of aromatic nitrogens is 3. The fourth-order valence-electron chi connectivity index (χ4n) is 1.86. The molecule has 0 bridgehead atoms.